The predicted octanol–water partition coefficient (Wildman–Crippen LogP) is 2.93. The highest BCUT2D eigenvalue weighted by molar-refractivity contribution is 7.91. The molecule has 0 aromatic rings. The zero-order valence-corrected chi connectivity index (χ0v) is 16.3. The van der Waals surface area contributed by atoms with Gasteiger partial charge in [-0.05, 0) is 71.1 Å². The number of piperidine rings is 1. The van der Waals surface area contributed by atoms with E-state index in [1.54, 1.807) is 0 Å². The van der Waals surface area contributed by atoms with Gasteiger partial charge in [0.2, 0.25) is 0 Å². The van der Waals surface area contributed by atoms with Crippen molar-refractivity contribution in [2.45, 2.75) is 69.7 Å². The van der Waals surface area contributed by atoms with E-state index in [0.29, 0.717) is 23.0 Å². The minimum Gasteiger partial charge on any atom is -0.305 e. The Kier molecular flexibility index (Phi) is 6.25. The third kappa shape index (κ3) is 4.73. The Bertz CT molecular complexity index is 493. The van der Waals surface area contributed by atoms with Gasteiger partial charge >= 0.3 is 0 Å². The summed E-state index contributed by atoms with van der Waals surface area (Å²) in [6, 6.07) is 0. The number of hydrogen-bond acceptors (Lipinski definition) is 4. The Hall–Kier alpha value is -0.130. The fraction of sp³-hybridized carbons (Fsp3) is 1.00. The monoisotopic (exact) mass is 356 g/mol. The average molecular weight is 357 g/mol. The van der Waals surface area contributed by atoms with Crippen LogP contribution in [0.25, 0.3) is 0 Å². The SMILES string of the molecule is CN(CCC1CCS(=O)(=O)C1)CC1(N2CCCCC2)CCCCC1. The third-order valence-corrected chi connectivity index (χ3v) is 8.46. The van der Waals surface area contributed by atoms with Crippen LogP contribution in [0.1, 0.15) is 64.2 Å². The van der Waals surface area contributed by atoms with Crippen LogP contribution in [0.15, 0.2) is 0 Å². The molecule has 1 saturated carbocycles. The Balaban J connectivity index is 1.54. The van der Waals surface area contributed by atoms with Crippen molar-refractivity contribution >= 4 is 9.84 Å². The fourth-order valence-electron chi connectivity index (χ4n) is 5.24. The van der Waals surface area contributed by atoms with E-state index in [4.69, 9.17) is 0 Å². The maximum absolute atomic E-state index is 11.6. The molecule has 1 unspecified atom stereocenters. The van der Waals surface area contributed by atoms with Gasteiger partial charge in [-0.1, -0.05) is 25.7 Å². The second-order valence-corrected chi connectivity index (χ2v) is 10.9. The van der Waals surface area contributed by atoms with Crippen LogP contribution in [-0.2, 0) is 9.84 Å². The summed E-state index contributed by atoms with van der Waals surface area (Å²) in [7, 11) is -0.473. The fourth-order valence-corrected chi connectivity index (χ4v) is 7.15. The van der Waals surface area contributed by atoms with E-state index in [0.717, 1.165) is 19.4 Å². The summed E-state index contributed by atoms with van der Waals surface area (Å²) >= 11 is 0. The summed E-state index contributed by atoms with van der Waals surface area (Å²) in [5.41, 5.74) is 0.398. The van der Waals surface area contributed by atoms with Crippen LogP contribution in [0.5, 0.6) is 0 Å². The second kappa shape index (κ2) is 8.05. The summed E-state index contributed by atoms with van der Waals surface area (Å²) in [5.74, 6) is 1.24. The van der Waals surface area contributed by atoms with Gasteiger partial charge in [0.25, 0.3) is 0 Å². The van der Waals surface area contributed by atoms with Crippen molar-refractivity contribution < 1.29 is 8.42 Å². The van der Waals surface area contributed by atoms with Crippen molar-refractivity contribution in [3.63, 3.8) is 0 Å². The first kappa shape index (κ1) is 18.7. The zero-order chi connectivity index (χ0) is 17.0. The standard InChI is InChI=1S/C19H36N2O2S/c1-20(14-8-18-9-15-24(22,23)16-18)17-19(10-4-2-5-11-19)21-12-6-3-7-13-21/h18H,2-17H2,1H3. The summed E-state index contributed by atoms with van der Waals surface area (Å²) < 4.78 is 23.3. The largest absolute Gasteiger partial charge is 0.305 e. The van der Waals surface area contributed by atoms with Gasteiger partial charge in [0.15, 0.2) is 9.84 Å². The number of rotatable bonds is 6. The van der Waals surface area contributed by atoms with Crippen LogP contribution in [0, 0.1) is 5.92 Å². The Morgan fingerprint density at radius 3 is 2.33 bits per heavy atom. The molecule has 2 saturated heterocycles. The number of nitrogens with zero attached hydrogens (tertiary/aromatic N) is 2. The molecule has 4 nitrogen and oxygen atoms in total. The van der Waals surface area contributed by atoms with Gasteiger partial charge in [0, 0.05) is 12.1 Å². The molecule has 0 amide bonds. The van der Waals surface area contributed by atoms with E-state index < -0.39 is 9.84 Å². The van der Waals surface area contributed by atoms with Crippen LogP contribution in [-0.4, -0.2) is 68.5 Å². The van der Waals surface area contributed by atoms with Crippen molar-refractivity contribution in [1.29, 1.82) is 0 Å². The van der Waals surface area contributed by atoms with E-state index in [2.05, 4.69) is 16.8 Å². The molecule has 1 atom stereocenters. The lowest BCUT2D eigenvalue weighted by Gasteiger charge is -2.50. The number of hydrogen-bond donors (Lipinski definition) is 0. The van der Waals surface area contributed by atoms with Crippen LogP contribution in [0.3, 0.4) is 0 Å². The maximum Gasteiger partial charge on any atom is 0.150 e. The highest BCUT2D eigenvalue weighted by Gasteiger charge is 2.39. The molecule has 2 heterocycles. The minimum absolute atomic E-state index is 0.398. The quantitative estimate of drug-likeness (QED) is 0.734. The summed E-state index contributed by atoms with van der Waals surface area (Å²) in [6.45, 7) is 4.80. The van der Waals surface area contributed by atoms with Crippen molar-refractivity contribution in [3.05, 3.63) is 0 Å². The second-order valence-electron chi connectivity index (χ2n) is 8.63. The van der Waals surface area contributed by atoms with Crippen LogP contribution in [0.4, 0.5) is 0 Å². The molecule has 3 fully saturated rings. The van der Waals surface area contributed by atoms with Gasteiger partial charge in [0.05, 0.1) is 11.5 Å². The first-order chi connectivity index (χ1) is 11.5. The molecule has 140 valence electrons. The smallest absolute Gasteiger partial charge is 0.150 e. The molecule has 24 heavy (non-hydrogen) atoms. The lowest BCUT2D eigenvalue weighted by Crippen LogP contribution is -2.57. The van der Waals surface area contributed by atoms with E-state index in [1.165, 1.54) is 71.0 Å². The highest BCUT2D eigenvalue weighted by Crippen LogP contribution is 2.36. The molecule has 1 aliphatic carbocycles. The number of likely N-dealkylation sites (tertiary alicyclic amines) is 1. The number of sulfone groups is 1. The first-order valence-electron chi connectivity index (χ1n) is 10.1. The Morgan fingerprint density at radius 2 is 1.71 bits per heavy atom. The van der Waals surface area contributed by atoms with Gasteiger partial charge in [0.1, 0.15) is 0 Å². The molecule has 0 bridgehead atoms. The molecule has 0 radical (unpaired) electrons. The molecular formula is C19H36N2O2S. The molecule has 0 aromatic heterocycles. The third-order valence-electron chi connectivity index (χ3n) is 6.62. The highest BCUT2D eigenvalue weighted by atomic mass is 32.2. The molecule has 5 heteroatoms. The van der Waals surface area contributed by atoms with E-state index in [9.17, 15) is 8.42 Å². The van der Waals surface area contributed by atoms with E-state index in [1.807, 2.05) is 0 Å². The van der Waals surface area contributed by atoms with Gasteiger partial charge in [-0.2, -0.15) is 0 Å². The normalized spacial score (nSPS) is 30.7. The minimum atomic E-state index is -2.73. The Morgan fingerprint density at radius 1 is 1.04 bits per heavy atom. The lowest BCUT2D eigenvalue weighted by atomic mass is 9.78. The lowest BCUT2D eigenvalue weighted by molar-refractivity contribution is 0.00865. The molecule has 2 aliphatic heterocycles. The molecule has 3 aliphatic rings. The molecule has 3 rings (SSSR count). The zero-order valence-electron chi connectivity index (χ0n) is 15.5. The van der Waals surface area contributed by atoms with Crippen molar-refractivity contribution in [2.24, 2.45) is 5.92 Å². The molecule has 0 spiro atoms. The molecule has 0 aromatic carbocycles. The first-order valence-corrected chi connectivity index (χ1v) is 12.0. The Labute approximate surface area is 148 Å². The predicted molar refractivity (Wildman–Crippen MR) is 100 cm³/mol. The van der Waals surface area contributed by atoms with E-state index >= 15 is 0 Å². The van der Waals surface area contributed by atoms with Gasteiger partial charge < -0.3 is 4.90 Å². The summed E-state index contributed by atoms with van der Waals surface area (Å²) in [5, 5.41) is 0. The maximum atomic E-state index is 11.6. The summed E-state index contributed by atoms with van der Waals surface area (Å²) in [4.78, 5) is 5.32. The van der Waals surface area contributed by atoms with Gasteiger partial charge in [-0.15, -0.1) is 0 Å². The van der Waals surface area contributed by atoms with Gasteiger partial charge in [-0.25, -0.2) is 8.42 Å². The topological polar surface area (TPSA) is 40.6 Å². The van der Waals surface area contributed by atoms with Crippen LogP contribution >= 0.6 is 0 Å². The van der Waals surface area contributed by atoms with Crippen LogP contribution < -0.4 is 0 Å². The van der Waals surface area contributed by atoms with Crippen LogP contribution in [0.2, 0.25) is 0 Å². The number of likely N-dealkylation sites (N-methyl/N-ethyl adjacent to an activating group) is 1. The molecule has 0 N–H and O–H groups in total. The summed E-state index contributed by atoms with van der Waals surface area (Å²) in [6.07, 6.45) is 12.9. The van der Waals surface area contributed by atoms with Crippen molar-refractivity contribution in [1.82, 2.24) is 9.80 Å². The van der Waals surface area contributed by atoms with Crippen molar-refractivity contribution in [2.75, 3.05) is 44.7 Å². The van der Waals surface area contributed by atoms with E-state index in [-0.39, 0.29) is 0 Å². The van der Waals surface area contributed by atoms with Crippen molar-refractivity contribution in [3.8, 4) is 0 Å². The van der Waals surface area contributed by atoms with Gasteiger partial charge in [-0.3, -0.25) is 4.90 Å². The average Bonchev–Trinajstić information content (AvgIpc) is 2.94. The molecular weight excluding hydrogens is 320 g/mol.